The number of aromatic nitrogens is 3. The number of fused-ring (bicyclic) bond motifs is 4. The summed E-state index contributed by atoms with van der Waals surface area (Å²) in [7, 11) is 0. The van der Waals surface area contributed by atoms with Gasteiger partial charge < -0.3 is 19.7 Å². The first kappa shape index (κ1) is 25.6. The van der Waals surface area contributed by atoms with E-state index in [-0.39, 0.29) is 17.9 Å². The van der Waals surface area contributed by atoms with Crippen LogP contribution < -0.4 is 10.1 Å². The Bertz CT molecular complexity index is 1640. The topological polar surface area (TPSA) is 110 Å². The average molecular weight is 538 g/mol. The van der Waals surface area contributed by atoms with Gasteiger partial charge in [-0.05, 0) is 41.5 Å². The molecule has 0 radical (unpaired) electrons. The van der Waals surface area contributed by atoms with E-state index < -0.39 is 6.09 Å². The highest BCUT2D eigenvalue weighted by Gasteiger charge is 2.31. The van der Waals surface area contributed by atoms with Crippen molar-refractivity contribution in [1.29, 1.82) is 0 Å². The van der Waals surface area contributed by atoms with Crippen LogP contribution in [-0.2, 0) is 31.7 Å². The molecule has 0 saturated heterocycles. The normalized spacial score (nSPS) is 14.0. The number of nitrogens with one attached hydrogen (secondary N) is 1. The molecule has 2 aliphatic rings. The first-order valence-corrected chi connectivity index (χ1v) is 13.3. The number of carboxylic acid groups (broad SMARTS) is 1. The van der Waals surface area contributed by atoms with Crippen molar-refractivity contribution in [2.45, 2.75) is 52.4 Å². The summed E-state index contributed by atoms with van der Waals surface area (Å²) in [5.74, 6) is 1.26. The highest BCUT2D eigenvalue weighted by molar-refractivity contribution is 5.95. The summed E-state index contributed by atoms with van der Waals surface area (Å²) in [6, 6.07) is 15.6. The van der Waals surface area contributed by atoms with Crippen molar-refractivity contribution >= 4 is 12.0 Å². The fourth-order valence-corrected chi connectivity index (χ4v) is 5.39. The number of hydrogen-bond donors (Lipinski definition) is 2. The number of imidazole rings is 1. The Kier molecular flexibility index (Phi) is 6.29. The minimum absolute atomic E-state index is 0.178. The van der Waals surface area contributed by atoms with Crippen LogP contribution in [0.15, 0.2) is 60.9 Å². The van der Waals surface area contributed by atoms with Gasteiger partial charge in [0.15, 0.2) is 0 Å². The van der Waals surface area contributed by atoms with E-state index in [2.05, 4.69) is 41.7 Å². The largest absolute Gasteiger partial charge is 0.488 e. The van der Waals surface area contributed by atoms with Crippen LogP contribution in [0.3, 0.4) is 0 Å². The van der Waals surface area contributed by atoms with Crippen LogP contribution in [0.5, 0.6) is 5.75 Å². The summed E-state index contributed by atoms with van der Waals surface area (Å²) < 4.78 is 8.04. The highest BCUT2D eigenvalue weighted by atomic mass is 16.5. The summed E-state index contributed by atoms with van der Waals surface area (Å²) in [6.07, 6.45) is 2.64. The van der Waals surface area contributed by atoms with Crippen molar-refractivity contribution < 1.29 is 19.4 Å². The molecule has 0 saturated carbocycles. The number of amides is 2. The van der Waals surface area contributed by atoms with Crippen LogP contribution in [0, 0.1) is 0 Å². The van der Waals surface area contributed by atoms with Crippen molar-refractivity contribution in [3.63, 3.8) is 0 Å². The van der Waals surface area contributed by atoms with Crippen molar-refractivity contribution in [3.8, 4) is 28.1 Å². The Hall–Kier alpha value is -4.66. The number of rotatable bonds is 4. The lowest BCUT2D eigenvalue weighted by Gasteiger charge is -2.26. The summed E-state index contributed by atoms with van der Waals surface area (Å²) in [5.41, 5.74) is 7.25. The number of carbonyl (C=O) groups is 2. The van der Waals surface area contributed by atoms with Crippen molar-refractivity contribution in [2.75, 3.05) is 6.54 Å². The van der Waals surface area contributed by atoms with E-state index in [0.29, 0.717) is 37.6 Å². The fraction of sp³-hybridized carbons (Fsp3) is 0.290. The van der Waals surface area contributed by atoms with Crippen LogP contribution >= 0.6 is 0 Å². The van der Waals surface area contributed by atoms with E-state index >= 15 is 0 Å². The Morgan fingerprint density at radius 2 is 1.93 bits per heavy atom. The van der Waals surface area contributed by atoms with Crippen LogP contribution in [0.2, 0.25) is 0 Å². The van der Waals surface area contributed by atoms with Crippen LogP contribution in [0.25, 0.3) is 22.4 Å². The minimum Gasteiger partial charge on any atom is -0.488 e. The van der Waals surface area contributed by atoms with E-state index in [1.165, 1.54) is 4.90 Å². The van der Waals surface area contributed by atoms with E-state index in [4.69, 9.17) is 9.72 Å². The number of benzene rings is 2. The molecule has 0 bridgehead atoms. The molecule has 9 nitrogen and oxygen atoms in total. The molecule has 4 aromatic rings. The first-order valence-electron chi connectivity index (χ1n) is 13.3. The Morgan fingerprint density at radius 3 is 2.73 bits per heavy atom. The van der Waals surface area contributed by atoms with Gasteiger partial charge in [-0.3, -0.25) is 14.7 Å². The smallest absolute Gasteiger partial charge is 0.407 e. The average Bonchev–Trinajstić information content (AvgIpc) is 3.35. The summed E-state index contributed by atoms with van der Waals surface area (Å²) >= 11 is 0. The lowest BCUT2D eigenvalue weighted by Crippen LogP contribution is -2.37. The minimum atomic E-state index is -0.932. The van der Waals surface area contributed by atoms with Gasteiger partial charge in [0.25, 0.3) is 5.91 Å². The van der Waals surface area contributed by atoms with Gasteiger partial charge in [-0.1, -0.05) is 39.0 Å². The number of pyridine rings is 1. The van der Waals surface area contributed by atoms with Gasteiger partial charge in [-0.2, -0.15) is 0 Å². The molecule has 204 valence electrons. The molecule has 4 heterocycles. The Morgan fingerprint density at radius 1 is 1.07 bits per heavy atom. The first-order chi connectivity index (χ1) is 19.2. The number of nitrogens with zero attached hydrogens (tertiary/aromatic N) is 4. The molecule has 0 aliphatic carbocycles. The lowest BCUT2D eigenvalue weighted by molar-refractivity contribution is 0.0950. The third-order valence-electron chi connectivity index (χ3n) is 7.43. The van der Waals surface area contributed by atoms with Crippen molar-refractivity contribution in [3.05, 3.63) is 89.1 Å². The second kappa shape index (κ2) is 9.82. The van der Waals surface area contributed by atoms with Gasteiger partial charge in [0.05, 0.1) is 17.9 Å². The monoisotopic (exact) mass is 537 g/mol. The molecular formula is C31H31N5O4. The standard InChI is InChI=1S/C31H31N5O4/c1-31(2,3)28-27(36-12-11-35(30(38)39)17-26(36)34-28)20-6-4-5-19(13-20)15-33-29(37)21-7-8-24-23-9-10-32-16-22(23)18-40-25(24)14-21/h4-10,13-14,16H,11-12,15,17-18H2,1-3H3,(H,33,37)(H,38,39). The van der Waals surface area contributed by atoms with Crippen molar-refractivity contribution in [2.24, 2.45) is 0 Å². The molecule has 2 aliphatic heterocycles. The molecule has 0 fully saturated rings. The van der Waals surface area contributed by atoms with Gasteiger partial charge >= 0.3 is 6.09 Å². The highest BCUT2D eigenvalue weighted by Crippen LogP contribution is 2.38. The van der Waals surface area contributed by atoms with E-state index in [9.17, 15) is 14.7 Å². The third kappa shape index (κ3) is 4.68. The second-order valence-electron chi connectivity index (χ2n) is 11.2. The maximum Gasteiger partial charge on any atom is 0.407 e. The molecule has 6 rings (SSSR count). The third-order valence-corrected chi connectivity index (χ3v) is 7.43. The van der Waals surface area contributed by atoms with Crippen molar-refractivity contribution in [1.82, 2.24) is 24.8 Å². The zero-order chi connectivity index (χ0) is 28.0. The predicted molar refractivity (Wildman–Crippen MR) is 150 cm³/mol. The maximum atomic E-state index is 13.1. The second-order valence-corrected chi connectivity index (χ2v) is 11.2. The molecule has 0 unspecified atom stereocenters. The summed E-state index contributed by atoms with van der Waals surface area (Å²) in [6.45, 7) is 8.35. The maximum absolute atomic E-state index is 13.1. The van der Waals surface area contributed by atoms with E-state index in [1.807, 2.05) is 42.6 Å². The SMILES string of the molecule is CC(C)(C)c1nc2n(c1-c1cccc(CNC(=O)c3ccc4c(c3)OCc3cnccc3-4)c1)CCN(C(=O)O)C2. The van der Waals surface area contributed by atoms with Gasteiger partial charge in [0, 0.05) is 59.7 Å². The molecule has 2 aromatic carbocycles. The molecule has 9 heteroatoms. The number of hydrogen-bond acceptors (Lipinski definition) is 5. The zero-order valence-corrected chi connectivity index (χ0v) is 22.8. The molecule has 2 N–H and O–H groups in total. The molecule has 40 heavy (non-hydrogen) atoms. The van der Waals surface area contributed by atoms with E-state index in [1.54, 1.807) is 12.3 Å². The molecule has 0 spiro atoms. The fourth-order valence-electron chi connectivity index (χ4n) is 5.39. The Balaban J connectivity index is 1.23. The Labute approximate surface area is 232 Å². The quantitative estimate of drug-likeness (QED) is 0.369. The van der Waals surface area contributed by atoms with Crippen LogP contribution in [0.1, 0.15) is 53.8 Å². The van der Waals surface area contributed by atoms with Crippen LogP contribution in [-0.4, -0.2) is 43.1 Å². The number of carbonyl (C=O) groups excluding carboxylic acids is 1. The molecular weight excluding hydrogens is 506 g/mol. The van der Waals surface area contributed by atoms with Gasteiger partial charge in [0.2, 0.25) is 0 Å². The molecule has 2 aromatic heterocycles. The summed E-state index contributed by atoms with van der Waals surface area (Å²) in [5, 5.41) is 12.5. The summed E-state index contributed by atoms with van der Waals surface area (Å²) in [4.78, 5) is 35.1. The molecule has 2 amide bonds. The zero-order valence-electron chi connectivity index (χ0n) is 22.8. The van der Waals surface area contributed by atoms with Gasteiger partial charge in [-0.15, -0.1) is 0 Å². The van der Waals surface area contributed by atoms with Crippen LogP contribution in [0.4, 0.5) is 4.79 Å². The van der Waals surface area contributed by atoms with Gasteiger partial charge in [-0.25, -0.2) is 9.78 Å². The number of ether oxygens (including phenoxy) is 1. The van der Waals surface area contributed by atoms with E-state index in [0.717, 1.165) is 45.0 Å². The molecule has 0 atom stereocenters. The lowest BCUT2D eigenvalue weighted by atomic mass is 9.88. The van der Waals surface area contributed by atoms with Gasteiger partial charge in [0.1, 0.15) is 18.2 Å². The predicted octanol–water partition coefficient (Wildman–Crippen LogP) is 5.23.